The summed E-state index contributed by atoms with van der Waals surface area (Å²) in [7, 11) is 0. The summed E-state index contributed by atoms with van der Waals surface area (Å²) >= 11 is 2.07. The molecule has 0 aromatic heterocycles. The van der Waals surface area contributed by atoms with Gasteiger partial charge in [-0.05, 0) is 12.8 Å². The number of aliphatic hydroxyl groups excluding tert-OH is 1. The predicted molar refractivity (Wildman–Crippen MR) is 54.0 cm³/mol. The minimum absolute atomic E-state index is 0.0773. The van der Waals surface area contributed by atoms with Gasteiger partial charge in [0.05, 0.1) is 11.6 Å². The molecule has 5 nitrogen and oxygen atoms in total. The van der Waals surface area contributed by atoms with E-state index in [1.54, 1.807) is 0 Å². The summed E-state index contributed by atoms with van der Waals surface area (Å²) in [5.74, 6) is 0. The molecule has 1 aliphatic carbocycles. The Morgan fingerprint density at radius 1 is 1.77 bits per heavy atom. The van der Waals surface area contributed by atoms with E-state index in [4.69, 9.17) is 10.2 Å². The normalized spacial score (nSPS) is 33.9. The molecule has 1 rings (SSSR count). The molecule has 1 fully saturated rings. The minimum atomic E-state index is -1.16. The van der Waals surface area contributed by atoms with Crippen LogP contribution in [-0.2, 0) is 0 Å². The molecule has 0 saturated heterocycles. The number of carbonyl (C=O) groups is 1. The molecule has 0 radical (unpaired) electrons. The third-order valence-electron chi connectivity index (χ3n) is 2.21. The molecule has 0 aromatic rings. The molecule has 3 atom stereocenters. The van der Waals surface area contributed by atoms with Crippen LogP contribution in [0.4, 0.5) is 4.79 Å². The summed E-state index contributed by atoms with van der Waals surface area (Å²) in [4.78, 5) is 10.4. The van der Waals surface area contributed by atoms with Crippen molar-refractivity contribution < 1.29 is 20.1 Å². The van der Waals surface area contributed by atoms with Crippen molar-refractivity contribution in [3.05, 3.63) is 0 Å². The van der Waals surface area contributed by atoms with E-state index in [1.165, 1.54) is 0 Å². The van der Waals surface area contributed by atoms with Crippen molar-refractivity contribution in [3.8, 4) is 0 Å². The van der Waals surface area contributed by atoms with Gasteiger partial charge in [0.2, 0.25) is 0 Å². The highest BCUT2D eigenvalue weighted by Gasteiger charge is 2.57. The van der Waals surface area contributed by atoms with Crippen molar-refractivity contribution in [2.45, 2.75) is 28.4 Å². The first-order valence-corrected chi connectivity index (χ1v) is 5.22. The van der Waals surface area contributed by atoms with E-state index < -0.39 is 17.7 Å². The first-order valence-electron chi connectivity index (χ1n) is 3.97. The maximum absolute atomic E-state index is 10.4. The van der Waals surface area contributed by atoms with Crippen LogP contribution in [0.2, 0.25) is 0 Å². The van der Waals surface area contributed by atoms with Crippen molar-refractivity contribution in [1.82, 2.24) is 5.32 Å². The predicted octanol–water partition coefficient (Wildman–Crippen LogP) is -0.0566. The van der Waals surface area contributed by atoms with Gasteiger partial charge in [-0.25, -0.2) is 4.79 Å². The van der Waals surface area contributed by atoms with Gasteiger partial charge < -0.3 is 20.6 Å². The second-order valence-electron chi connectivity index (χ2n) is 3.18. The number of alkyl halides is 1. The second-order valence-corrected chi connectivity index (χ2v) is 4.68. The smallest absolute Gasteiger partial charge is 0.404 e. The summed E-state index contributed by atoms with van der Waals surface area (Å²) in [5, 5.41) is 29.2. The van der Waals surface area contributed by atoms with Crippen LogP contribution in [0, 0.1) is 0 Å². The molecule has 1 saturated carbocycles. The zero-order chi connectivity index (χ0) is 10.1. The van der Waals surface area contributed by atoms with Gasteiger partial charge in [0.25, 0.3) is 0 Å². The molecule has 3 unspecified atom stereocenters. The number of hydrogen-bond acceptors (Lipinski definition) is 3. The number of aliphatic hydroxyl groups is 2. The topological polar surface area (TPSA) is 89.8 Å². The van der Waals surface area contributed by atoms with Gasteiger partial charge in [-0.2, -0.15) is 0 Å². The maximum atomic E-state index is 10.4. The SMILES string of the molecule is O=C(O)NC(CCO)C1(O)CC1I. The lowest BCUT2D eigenvalue weighted by molar-refractivity contribution is 0.0873. The van der Waals surface area contributed by atoms with E-state index in [-0.39, 0.29) is 17.0 Å². The molecule has 4 N–H and O–H groups in total. The summed E-state index contributed by atoms with van der Waals surface area (Å²) in [6.07, 6.45) is -0.330. The third kappa shape index (κ3) is 2.44. The molecule has 1 aliphatic rings. The Morgan fingerprint density at radius 2 is 2.31 bits per heavy atom. The average Bonchev–Trinajstić information content (AvgIpc) is 2.60. The molecular weight excluding hydrogens is 289 g/mol. The fourth-order valence-corrected chi connectivity index (χ4v) is 2.45. The highest BCUT2D eigenvalue weighted by Crippen LogP contribution is 2.46. The van der Waals surface area contributed by atoms with Gasteiger partial charge in [0.15, 0.2) is 0 Å². The highest BCUT2D eigenvalue weighted by atomic mass is 127. The molecule has 0 spiro atoms. The highest BCUT2D eigenvalue weighted by molar-refractivity contribution is 14.1. The number of carboxylic acid groups (broad SMARTS) is 1. The van der Waals surface area contributed by atoms with Gasteiger partial charge in [0.1, 0.15) is 0 Å². The van der Waals surface area contributed by atoms with Gasteiger partial charge in [-0.3, -0.25) is 0 Å². The Bertz CT molecular complexity index is 213. The third-order valence-corrected chi connectivity index (χ3v) is 3.73. The summed E-state index contributed by atoms with van der Waals surface area (Å²) in [5.41, 5.74) is -0.957. The molecular formula is C7H12INO4. The Morgan fingerprint density at radius 3 is 2.62 bits per heavy atom. The van der Waals surface area contributed by atoms with Crippen LogP contribution < -0.4 is 5.32 Å². The quantitative estimate of drug-likeness (QED) is 0.433. The Labute approximate surface area is 89.3 Å². The fourth-order valence-electron chi connectivity index (χ4n) is 1.31. The van der Waals surface area contributed by atoms with Crippen molar-refractivity contribution in [2.24, 2.45) is 0 Å². The van der Waals surface area contributed by atoms with Crippen LogP contribution in [0.5, 0.6) is 0 Å². The fraction of sp³-hybridized carbons (Fsp3) is 0.857. The van der Waals surface area contributed by atoms with Gasteiger partial charge >= 0.3 is 6.09 Å². The molecule has 0 heterocycles. The molecule has 1 amide bonds. The van der Waals surface area contributed by atoms with Gasteiger partial charge in [-0.15, -0.1) is 0 Å². The molecule has 0 bridgehead atoms. The molecule has 76 valence electrons. The number of halogens is 1. The van der Waals surface area contributed by atoms with Crippen molar-refractivity contribution in [3.63, 3.8) is 0 Å². The maximum Gasteiger partial charge on any atom is 0.404 e. The first-order chi connectivity index (χ1) is 6.00. The lowest BCUT2D eigenvalue weighted by atomic mass is 10.1. The Balaban J connectivity index is 2.52. The summed E-state index contributed by atoms with van der Waals surface area (Å²) in [6, 6.07) is -0.558. The van der Waals surface area contributed by atoms with E-state index >= 15 is 0 Å². The molecule has 0 aromatic carbocycles. The lowest BCUT2D eigenvalue weighted by Crippen LogP contribution is -2.46. The first kappa shape index (κ1) is 11.0. The number of amides is 1. The zero-order valence-corrected chi connectivity index (χ0v) is 9.06. The van der Waals surface area contributed by atoms with Crippen LogP contribution in [-0.4, -0.2) is 43.6 Å². The largest absolute Gasteiger partial charge is 0.465 e. The minimum Gasteiger partial charge on any atom is -0.465 e. The summed E-state index contributed by atoms with van der Waals surface area (Å²) < 4.78 is 0.0773. The average molecular weight is 301 g/mol. The summed E-state index contributed by atoms with van der Waals surface area (Å²) in [6.45, 7) is -0.128. The number of rotatable bonds is 4. The Hall–Kier alpha value is -0.0800. The van der Waals surface area contributed by atoms with Gasteiger partial charge in [0, 0.05) is 10.5 Å². The van der Waals surface area contributed by atoms with E-state index in [0.29, 0.717) is 6.42 Å². The molecule has 13 heavy (non-hydrogen) atoms. The number of nitrogens with one attached hydrogen (secondary N) is 1. The zero-order valence-electron chi connectivity index (χ0n) is 6.90. The molecule has 0 aliphatic heterocycles. The van der Waals surface area contributed by atoms with Crippen molar-refractivity contribution >= 4 is 28.7 Å². The van der Waals surface area contributed by atoms with Crippen molar-refractivity contribution in [1.29, 1.82) is 0 Å². The van der Waals surface area contributed by atoms with Crippen LogP contribution in [0.15, 0.2) is 0 Å². The van der Waals surface area contributed by atoms with Gasteiger partial charge in [-0.1, -0.05) is 22.6 Å². The van der Waals surface area contributed by atoms with Crippen LogP contribution >= 0.6 is 22.6 Å². The number of hydrogen-bond donors (Lipinski definition) is 4. The van der Waals surface area contributed by atoms with Crippen LogP contribution in [0.3, 0.4) is 0 Å². The van der Waals surface area contributed by atoms with Crippen LogP contribution in [0.1, 0.15) is 12.8 Å². The second kappa shape index (κ2) is 3.97. The van der Waals surface area contributed by atoms with E-state index in [0.717, 1.165) is 0 Å². The standard InChI is InChI=1S/C7H12INO4/c8-4-3-7(4,13)5(1-2-10)9-6(11)12/h4-5,9-10,13H,1-3H2,(H,11,12). The lowest BCUT2D eigenvalue weighted by Gasteiger charge is -2.21. The Kier molecular flexibility index (Phi) is 3.36. The van der Waals surface area contributed by atoms with Crippen LogP contribution in [0.25, 0.3) is 0 Å². The van der Waals surface area contributed by atoms with E-state index in [1.807, 2.05) is 0 Å². The van der Waals surface area contributed by atoms with Crippen molar-refractivity contribution in [2.75, 3.05) is 6.61 Å². The van der Waals surface area contributed by atoms with E-state index in [9.17, 15) is 9.90 Å². The molecule has 6 heteroatoms. The van der Waals surface area contributed by atoms with E-state index in [2.05, 4.69) is 27.9 Å². The monoisotopic (exact) mass is 301 g/mol.